The number of methoxy groups -OCH3 is 1. The molecule has 4 heteroatoms. The lowest BCUT2D eigenvalue weighted by molar-refractivity contribution is 0.406. The van der Waals surface area contributed by atoms with Gasteiger partial charge in [-0.1, -0.05) is 23.7 Å². The van der Waals surface area contributed by atoms with Gasteiger partial charge < -0.3 is 4.74 Å². The molecule has 1 unspecified atom stereocenters. The van der Waals surface area contributed by atoms with Crippen molar-refractivity contribution in [2.24, 2.45) is 0 Å². The maximum Gasteiger partial charge on any atom is 0.128 e. The molecule has 2 rings (SSSR count). The molecule has 1 atom stereocenters. The van der Waals surface area contributed by atoms with Gasteiger partial charge in [-0.15, -0.1) is 11.6 Å². The van der Waals surface area contributed by atoms with Gasteiger partial charge in [-0.25, -0.2) is 0 Å². The summed E-state index contributed by atoms with van der Waals surface area (Å²) in [5.74, 6) is 1.61. The van der Waals surface area contributed by atoms with Gasteiger partial charge in [0.1, 0.15) is 5.75 Å². The molecule has 0 bridgehead atoms. The van der Waals surface area contributed by atoms with E-state index < -0.39 is 0 Å². The van der Waals surface area contributed by atoms with Crippen LogP contribution in [0.1, 0.15) is 28.3 Å². The standard InChI is InChI=1S/C17H19Cl2NO/c1-11-10-20-16(12(2)17(11)21-3)8-14(9-18)13-5-4-6-15(19)7-13/h4-7,10,14H,8-9H2,1-3H3. The number of halogens is 2. The predicted octanol–water partition coefficient (Wildman–Crippen LogP) is 4.93. The quantitative estimate of drug-likeness (QED) is 0.728. The van der Waals surface area contributed by atoms with Crippen molar-refractivity contribution in [3.63, 3.8) is 0 Å². The van der Waals surface area contributed by atoms with E-state index >= 15 is 0 Å². The first-order valence-corrected chi connectivity index (χ1v) is 7.78. The minimum Gasteiger partial charge on any atom is -0.496 e. The van der Waals surface area contributed by atoms with Crippen molar-refractivity contribution in [2.45, 2.75) is 26.2 Å². The van der Waals surface area contributed by atoms with E-state index in [9.17, 15) is 0 Å². The molecule has 1 heterocycles. The molecule has 2 aromatic rings. The maximum atomic E-state index is 6.16. The second-order valence-corrected chi connectivity index (χ2v) is 5.90. The van der Waals surface area contributed by atoms with E-state index in [4.69, 9.17) is 27.9 Å². The number of aromatic nitrogens is 1. The third kappa shape index (κ3) is 3.69. The normalized spacial score (nSPS) is 12.2. The Kier molecular flexibility index (Phi) is 5.49. The lowest BCUT2D eigenvalue weighted by atomic mass is 9.94. The highest BCUT2D eigenvalue weighted by atomic mass is 35.5. The first-order valence-electron chi connectivity index (χ1n) is 6.87. The van der Waals surface area contributed by atoms with Crippen LogP contribution in [0.15, 0.2) is 30.5 Å². The number of hydrogen-bond donors (Lipinski definition) is 0. The summed E-state index contributed by atoms with van der Waals surface area (Å²) in [6, 6.07) is 7.84. The number of rotatable bonds is 5. The van der Waals surface area contributed by atoms with Crippen LogP contribution in [-0.4, -0.2) is 18.0 Å². The maximum absolute atomic E-state index is 6.16. The van der Waals surface area contributed by atoms with Gasteiger partial charge in [0.25, 0.3) is 0 Å². The van der Waals surface area contributed by atoms with Crippen LogP contribution in [-0.2, 0) is 6.42 Å². The Hall–Kier alpha value is -1.25. The van der Waals surface area contributed by atoms with E-state index in [0.717, 1.165) is 39.6 Å². The number of alkyl halides is 1. The Morgan fingerprint density at radius 3 is 2.67 bits per heavy atom. The molecule has 0 aliphatic heterocycles. The van der Waals surface area contributed by atoms with E-state index in [0.29, 0.717) is 5.88 Å². The van der Waals surface area contributed by atoms with E-state index in [1.165, 1.54) is 0 Å². The van der Waals surface area contributed by atoms with Crippen molar-refractivity contribution >= 4 is 23.2 Å². The van der Waals surface area contributed by atoms with Gasteiger partial charge in [0, 0.05) is 39.8 Å². The second kappa shape index (κ2) is 7.15. The van der Waals surface area contributed by atoms with Gasteiger partial charge in [-0.05, 0) is 38.0 Å². The van der Waals surface area contributed by atoms with Crippen LogP contribution < -0.4 is 4.74 Å². The summed E-state index contributed by atoms with van der Waals surface area (Å²) in [6.07, 6.45) is 2.62. The summed E-state index contributed by atoms with van der Waals surface area (Å²) >= 11 is 12.2. The van der Waals surface area contributed by atoms with Gasteiger partial charge in [-0.3, -0.25) is 4.98 Å². The van der Waals surface area contributed by atoms with E-state index in [1.807, 2.05) is 38.2 Å². The Labute approximate surface area is 136 Å². The van der Waals surface area contributed by atoms with E-state index in [2.05, 4.69) is 11.1 Å². The fourth-order valence-electron chi connectivity index (χ4n) is 2.53. The summed E-state index contributed by atoms with van der Waals surface area (Å²) in [5, 5.41) is 0.730. The SMILES string of the molecule is COc1c(C)cnc(CC(CCl)c2cccc(Cl)c2)c1C. The van der Waals surface area contributed by atoms with Gasteiger partial charge >= 0.3 is 0 Å². The Bertz CT molecular complexity index is 628. The monoisotopic (exact) mass is 323 g/mol. The first-order chi connectivity index (χ1) is 10.1. The van der Waals surface area contributed by atoms with Gasteiger partial charge in [0.05, 0.1) is 7.11 Å². The molecule has 0 spiro atoms. The van der Waals surface area contributed by atoms with Crippen molar-refractivity contribution in [1.29, 1.82) is 0 Å². The molecule has 21 heavy (non-hydrogen) atoms. The predicted molar refractivity (Wildman–Crippen MR) is 88.9 cm³/mol. The number of pyridine rings is 1. The molecule has 0 saturated carbocycles. The summed E-state index contributed by atoms with van der Waals surface area (Å²) in [6.45, 7) is 4.04. The molecule has 0 radical (unpaired) electrons. The number of aryl methyl sites for hydroxylation is 1. The Balaban J connectivity index is 2.31. The van der Waals surface area contributed by atoms with Crippen LogP contribution >= 0.6 is 23.2 Å². The third-order valence-electron chi connectivity index (χ3n) is 3.70. The average Bonchev–Trinajstić information content (AvgIpc) is 2.47. The number of nitrogens with zero attached hydrogens (tertiary/aromatic N) is 1. The minimum atomic E-state index is 0.184. The summed E-state index contributed by atoms with van der Waals surface area (Å²) in [5.41, 5.74) is 4.28. The summed E-state index contributed by atoms with van der Waals surface area (Å²) < 4.78 is 5.46. The van der Waals surface area contributed by atoms with Crippen molar-refractivity contribution < 1.29 is 4.74 Å². The molecule has 1 aromatic heterocycles. The molecule has 2 nitrogen and oxygen atoms in total. The zero-order valence-electron chi connectivity index (χ0n) is 12.5. The van der Waals surface area contributed by atoms with Gasteiger partial charge in [0.15, 0.2) is 0 Å². The molecule has 0 saturated heterocycles. The molecular weight excluding hydrogens is 305 g/mol. The number of ether oxygens (including phenoxy) is 1. The lowest BCUT2D eigenvalue weighted by Crippen LogP contribution is -2.09. The molecule has 0 N–H and O–H groups in total. The van der Waals surface area contributed by atoms with Gasteiger partial charge in [-0.2, -0.15) is 0 Å². The Morgan fingerprint density at radius 1 is 1.29 bits per heavy atom. The number of hydrogen-bond acceptors (Lipinski definition) is 2. The van der Waals surface area contributed by atoms with E-state index in [1.54, 1.807) is 7.11 Å². The Morgan fingerprint density at radius 2 is 2.05 bits per heavy atom. The van der Waals surface area contributed by atoms with Crippen molar-refractivity contribution in [3.05, 3.63) is 57.9 Å². The zero-order valence-corrected chi connectivity index (χ0v) is 14.0. The van der Waals surface area contributed by atoms with Crippen molar-refractivity contribution in [2.75, 3.05) is 13.0 Å². The average molecular weight is 324 g/mol. The molecule has 0 amide bonds. The third-order valence-corrected chi connectivity index (χ3v) is 4.30. The highest BCUT2D eigenvalue weighted by Gasteiger charge is 2.16. The molecule has 112 valence electrons. The lowest BCUT2D eigenvalue weighted by Gasteiger charge is -2.17. The fourth-order valence-corrected chi connectivity index (χ4v) is 3.02. The van der Waals surface area contributed by atoms with E-state index in [-0.39, 0.29) is 5.92 Å². The van der Waals surface area contributed by atoms with Crippen LogP contribution in [0.25, 0.3) is 0 Å². The van der Waals surface area contributed by atoms with Crippen LogP contribution in [0.3, 0.4) is 0 Å². The van der Waals surface area contributed by atoms with Crippen LogP contribution in [0, 0.1) is 13.8 Å². The highest BCUT2D eigenvalue weighted by Crippen LogP contribution is 2.29. The highest BCUT2D eigenvalue weighted by molar-refractivity contribution is 6.30. The molecular formula is C17H19Cl2NO. The summed E-state index contributed by atoms with van der Waals surface area (Å²) in [7, 11) is 1.69. The van der Waals surface area contributed by atoms with Crippen LogP contribution in [0.5, 0.6) is 5.75 Å². The fraction of sp³-hybridized carbons (Fsp3) is 0.353. The second-order valence-electron chi connectivity index (χ2n) is 5.16. The first kappa shape index (κ1) is 16.1. The molecule has 0 aliphatic rings. The van der Waals surface area contributed by atoms with Crippen LogP contribution in [0.4, 0.5) is 0 Å². The summed E-state index contributed by atoms with van der Waals surface area (Å²) in [4.78, 5) is 4.55. The number of benzene rings is 1. The van der Waals surface area contributed by atoms with Crippen molar-refractivity contribution in [3.8, 4) is 5.75 Å². The zero-order chi connectivity index (χ0) is 15.4. The van der Waals surface area contributed by atoms with Gasteiger partial charge in [0.2, 0.25) is 0 Å². The minimum absolute atomic E-state index is 0.184. The molecule has 0 aliphatic carbocycles. The van der Waals surface area contributed by atoms with Crippen LogP contribution in [0.2, 0.25) is 5.02 Å². The molecule has 1 aromatic carbocycles. The smallest absolute Gasteiger partial charge is 0.128 e. The largest absolute Gasteiger partial charge is 0.496 e. The molecule has 0 fully saturated rings. The topological polar surface area (TPSA) is 22.1 Å². The van der Waals surface area contributed by atoms with Crippen molar-refractivity contribution in [1.82, 2.24) is 4.98 Å².